The van der Waals surface area contributed by atoms with E-state index in [4.69, 9.17) is 11.6 Å². The van der Waals surface area contributed by atoms with Gasteiger partial charge >= 0.3 is 0 Å². The Kier molecular flexibility index (Phi) is 4.39. The lowest BCUT2D eigenvalue weighted by Gasteiger charge is -2.17. The Labute approximate surface area is 126 Å². The van der Waals surface area contributed by atoms with Crippen molar-refractivity contribution in [3.63, 3.8) is 0 Å². The lowest BCUT2D eigenvalue weighted by molar-refractivity contribution is 0.516. The van der Waals surface area contributed by atoms with Crippen molar-refractivity contribution in [2.45, 2.75) is 46.7 Å². The van der Waals surface area contributed by atoms with Gasteiger partial charge in [-0.2, -0.15) is 5.10 Å². The minimum atomic E-state index is 0.191. The van der Waals surface area contributed by atoms with Crippen LogP contribution in [0.15, 0.2) is 24.3 Å². The Hall–Kier alpha value is -1.48. The van der Waals surface area contributed by atoms with E-state index in [1.165, 1.54) is 11.3 Å². The molecule has 0 radical (unpaired) electrons. The fraction of sp³-hybridized carbons (Fsp3) is 0.438. The van der Waals surface area contributed by atoms with Crippen LogP contribution in [0.1, 0.15) is 49.8 Å². The van der Waals surface area contributed by atoms with Crippen LogP contribution in [0.5, 0.6) is 0 Å². The molecule has 0 amide bonds. The minimum absolute atomic E-state index is 0.191. The first-order chi connectivity index (χ1) is 9.40. The van der Waals surface area contributed by atoms with Crippen molar-refractivity contribution in [1.82, 2.24) is 9.78 Å². The van der Waals surface area contributed by atoms with Gasteiger partial charge in [0.25, 0.3) is 0 Å². The second-order valence-corrected chi connectivity index (χ2v) is 5.94. The Morgan fingerprint density at radius 2 is 1.90 bits per heavy atom. The van der Waals surface area contributed by atoms with E-state index in [1.807, 2.05) is 25.1 Å². The topological polar surface area (TPSA) is 29.9 Å². The van der Waals surface area contributed by atoms with Gasteiger partial charge in [0.2, 0.25) is 0 Å². The van der Waals surface area contributed by atoms with E-state index >= 15 is 0 Å². The molecule has 3 nitrogen and oxygen atoms in total. The third-order valence-corrected chi connectivity index (χ3v) is 3.76. The maximum atomic E-state index is 6.06. The van der Waals surface area contributed by atoms with Gasteiger partial charge in [-0.25, -0.2) is 0 Å². The quantitative estimate of drug-likeness (QED) is 0.867. The molecule has 1 aromatic heterocycles. The number of hydrogen-bond acceptors (Lipinski definition) is 2. The van der Waals surface area contributed by atoms with Crippen molar-refractivity contribution in [2.24, 2.45) is 0 Å². The van der Waals surface area contributed by atoms with Crippen LogP contribution in [0, 0.1) is 13.8 Å². The summed E-state index contributed by atoms with van der Waals surface area (Å²) in [6, 6.07) is 8.51. The van der Waals surface area contributed by atoms with Crippen LogP contribution in [-0.2, 0) is 0 Å². The second-order valence-electron chi connectivity index (χ2n) is 5.51. The fourth-order valence-corrected chi connectivity index (χ4v) is 2.65. The number of anilines is 1. The molecule has 0 aliphatic rings. The van der Waals surface area contributed by atoms with E-state index in [1.54, 1.807) is 0 Å². The summed E-state index contributed by atoms with van der Waals surface area (Å²) in [6.07, 6.45) is 0. The molecule has 20 heavy (non-hydrogen) atoms. The molecule has 1 atom stereocenters. The van der Waals surface area contributed by atoms with E-state index < -0.39 is 0 Å². The van der Waals surface area contributed by atoms with Crippen molar-refractivity contribution >= 4 is 17.3 Å². The maximum absolute atomic E-state index is 6.06. The fourth-order valence-electron chi connectivity index (χ4n) is 2.45. The van der Waals surface area contributed by atoms with Gasteiger partial charge in [0.15, 0.2) is 0 Å². The summed E-state index contributed by atoms with van der Waals surface area (Å²) >= 11 is 6.06. The number of aryl methyl sites for hydroxylation is 1. The van der Waals surface area contributed by atoms with Crippen LogP contribution >= 0.6 is 11.6 Å². The number of aromatic nitrogens is 2. The normalized spacial score (nSPS) is 12.8. The Bertz CT molecular complexity index is 602. The molecule has 1 heterocycles. The molecule has 0 bridgehead atoms. The van der Waals surface area contributed by atoms with Crippen LogP contribution in [-0.4, -0.2) is 9.78 Å². The molecule has 2 rings (SSSR count). The minimum Gasteiger partial charge on any atom is -0.376 e. The molecule has 0 aliphatic heterocycles. The Morgan fingerprint density at radius 3 is 2.45 bits per heavy atom. The molecule has 1 N–H and O–H groups in total. The lowest BCUT2D eigenvalue weighted by atomic mass is 10.1. The average molecular weight is 292 g/mol. The number of nitrogens with one attached hydrogen (secondary N) is 1. The van der Waals surface area contributed by atoms with E-state index in [0.717, 1.165) is 16.4 Å². The third kappa shape index (κ3) is 2.98. The molecule has 4 heteroatoms. The number of benzene rings is 1. The van der Waals surface area contributed by atoms with E-state index in [-0.39, 0.29) is 6.04 Å². The second kappa shape index (κ2) is 5.88. The van der Waals surface area contributed by atoms with E-state index in [2.05, 4.69) is 48.9 Å². The highest BCUT2D eigenvalue weighted by atomic mass is 35.5. The van der Waals surface area contributed by atoms with Crippen LogP contribution in [0.25, 0.3) is 0 Å². The number of rotatable bonds is 4. The van der Waals surface area contributed by atoms with Crippen LogP contribution in [0.3, 0.4) is 0 Å². The van der Waals surface area contributed by atoms with Gasteiger partial charge in [-0.05, 0) is 52.3 Å². The van der Waals surface area contributed by atoms with E-state index in [9.17, 15) is 0 Å². The summed E-state index contributed by atoms with van der Waals surface area (Å²) < 4.78 is 2.06. The molecule has 0 saturated carbocycles. The smallest absolute Gasteiger partial charge is 0.0828 e. The molecule has 1 unspecified atom stereocenters. The van der Waals surface area contributed by atoms with E-state index in [0.29, 0.717) is 6.04 Å². The van der Waals surface area contributed by atoms with Gasteiger partial charge in [-0.15, -0.1) is 0 Å². The maximum Gasteiger partial charge on any atom is 0.0828 e. The number of hydrogen-bond donors (Lipinski definition) is 1. The first kappa shape index (κ1) is 14.9. The van der Waals surface area contributed by atoms with Gasteiger partial charge in [-0.3, -0.25) is 4.68 Å². The zero-order chi connectivity index (χ0) is 14.9. The van der Waals surface area contributed by atoms with Crippen molar-refractivity contribution in [3.8, 4) is 0 Å². The highest BCUT2D eigenvalue weighted by Crippen LogP contribution is 2.27. The van der Waals surface area contributed by atoms with Crippen LogP contribution in [0.4, 0.5) is 5.69 Å². The van der Waals surface area contributed by atoms with Crippen molar-refractivity contribution < 1.29 is 0 Å². The van der Waals surface area contributed by atoms with Crippen LogP contribution in [0.2, 0.25) is 5.02 Å². The third-order valence-electron chi connectivity index (χ3n) is 3.52. The standard InChI is InChI=1S/C16H22ClN3/c1-10(2)20-13(5)16(12(4)19-20)18-11(3)14-7-6-8-15(17)9-14/h6-11,18H,1-5H3. The molecule has 0 spiro atoms. The SMILES string of the molecule is Cc1nn(C(C)C)c(C)c1NC(C)c1cccc(Cl)c1. The van der Waals surface area contributed by atoms with Gasteiger partial charge in [0.1, 0.15) is 0 Å². The summed E-state index contributed by atoms with van der Waals surface area (Å²) in [7, 11) is 0. The van der Waals surface area contributed by atoms with Crippen molar-refractivity contribution in [1.29, 1.82) is 0 Å². The Balaban J connectivity index is 2.26. The first-order valence-electron chi connectivity index (χ1n) is 6.98. The first-order valence-corrected chi connectivity index (χ1v) is 7.35. The molecule has 0 saturated heterocycles. The zero-order valence-corrected chi connectivity index (χ0v) is 13.5. The highest BCUT2D eigenvalue weighted by Gasteiger charge is 2.15. The predicted molar refractivity (Wildman–Crippen MR) is 85.6 cm³/mol. The Morgan fingerprint density at radius 1 is 1.20 bits per heavy atom. The average Bonchev–Trinajstić information content (AvgIpc) is 2.67. The summed E-state index contributed by atoms with van der Waals surface area (Å²) in [5, 5.41) is 8.92. The largest absolute Gasteiger partial charge is 0.376 e. The molecule has 0 aliphatic carbocycles. The molecular weight excluding hydrogens is 270 g/mol. The van der Waals surface area contributed by atoms with Gasteiger partial charge in [0.05, 0.1) is 17.1 Å². The van der Waals surface area contributed by atoms with Crippen molar-refractivity contribution in [3.05, 3.63) is 46.2 Å². The monoisotopic (exact) mass is 291 g/mol. The lowest BCUT2D eigenvalue weighted by Crippen LogP contribution is -2.09. The summed E-state index contributed by atoms with van der Waals surface area (Å²) in [5.41, 5.74) is 4.50. The number of nitrogens with zero attached hydrogens (tertiary/aromatic N) is 2. The number of halogens is 1. The highest BCUT2D eigenvalue weighted by molar-refractivity contribution is 6.30. The van der Waals surface area contributed by atoms with Crippen molar-refractivity contribution in [2.75, 3.05) is 5.32 Å². The molecule has 0 fully saturated rings. The predicted octanol–water partition coefficient (Wildman–Crippen LogP) is 4.91. The zero-order valence-electron chi connectivity index (χ0n) is 12.7. The van der Waals surface area contributed by atoms with Gasteiger partial charge < -0.3 is 5.32 Å². The summed E-state index contributed by atoms with van der Waals surface area (Å²) in [6.45, 7) is 10.6. The molecule has 2 aromatic rings. The van der Waals surface area contributed by atoms with Crippen LogP contribution < -0.4 is 5.32 Å². The summed E-state index contributed by atoms with van der Waals surface area (Å²) in [5.74, 6) is 0. The molecule has 108 valence electrons. The molecular formula is C16H22ClN3. The summed E-state index contributed by atoms with van der Waals surface area (Å²) in [4.78, 5) is 0. The molecule has 1 aromatic carbocycles. The van der Waals surface area contributed by atoms with Gasteiger partial charge in [-0.1, -0.05) is 23.7 Å². The van der Waals surface area contributed by atoms with Gasteiger partial charge in [0, 0.05) is 17.1 Å².